The highest BCUT2D eigenvalue weighted by Gasteiger charge is 2.34. The average molecular weight is 546 g/mol. The van der Waals surface area contributed by atoms with Gasteiger partial charge >= 0.3 is 6.03 Å². The normalized spacial score (nSPS) is 14.6. The van der Waals surface area contributed by atoms with Crippen LogP contribution in [0.3, 0.4) is 0 Å². The summed E-state index contributed by atoms with van der Waals surface area (Å²) in [4.78, 5) is 28.9. The molecule has 7 nitrogen and oxygen atoms in total. The van der Waals surface area contributed by atoms with Crippen LogP contribution in [0.2, 0.25) is 5.02 Å². The van der Waals surface area contributed by atoms with Crippen LogP contribution >= 0.6 is 11.6 Å². The summed E-state index contributed by atoms with van der Waals surface area (Å²) in [5.41, 5.74) is 2.10. The quantitative estimate of drug-likeness (QED) is 0.310. The molecule has 1 atom stereocenters. The van der Waals surface area contributed by atoms with Crippen LogP contribution in [0, 0.1) is 0 Å². The Morgan fingerprint density at radius 2 is 1.62 bits per heavy atom. The van der Waals surface area contributed by atoms with Gasteiger partial charge in [-0.25, -0.2) is 9.18 Å². The van der Waals surface area contributed by atoms with Gasteiger partial charge in [-0.1, -0.05) is 66.2 Å². The minimum Gasteiger partial charge on any atom is -0.322 e. The highest BCUT2D eigenvalue weighted by atomic mass is 35.5. The van der Waals surface area contributed by atoms with Crippen molar-refractivity contribution in [2.24, 2.45) is 5.10 Å². The lowest BCUT2D eigenvalue weighted by atomic mass is 10.0. The standard InChI is InChI=1S/C30H29ClFN5O2/c1-3-36(2)35-24-16-19-27(26(32)20-24)34-29(38)28(21-10-6-4-7-11-21)37(25-17-14-22(31)15-18-25)30(39)33-23-12-8-5-9-13-23/h4-15,17-20,28H,3,16H2,1-2H3,(H,33,39)(H,34,38). The number of hydrogen-bond acceptors (Lipinski definition) is 4. The van der Waals surface area contributed by atoms with E-state index in [4.69, 9.17) is 11.6 Å². The van der Waals surface area contributed by atoms with Crippen LogP contribution in [0.4, 0.5) is 20.6 Å². The van der Waals surface area contributed by atoms with E-state index in [0.717, 1.165) is 0 Å². The lowest BCUT2D eigenvalue weighted by Gasteiger charge is -2.32. The Hall–Kier alpha value is -4.43. The van der Waals surface area contributed by atoms with Gasteiger partial charge in [-0.15, -0.1) is 0 Å². The molecule has 3 amide bonds. The number of urea groups is 1. The second-order valence-corrected chi connectivity index (χ2v) is 9.26. The van der Waals surface area contributed by atoms with Gasteiger partial charge in [0, 0.05) is 36.4 Å². The molecule has 1 aliphatic carbocycles. The van der Waals surface area contributed by atoms with Crippen molar-refractivity contribution >= 4 is 40.6 Å². The third kappa shape index (κ3) is 7.12. The highest BCUT2D eigenvalue weighted by molar-refractivity contribution is 6.30. The van der Waals surface area contributed by atoms with Crippen molar-refractivity contribution in [2.45, 2.75) is 19.4 Å². The molecule has 200 valence electrons. The van der Waals surface area contributed by atoms with Crippen LogP contribution in [0.15, 0.2) is 114 Å². The number of para-hydroxylation sites is 1. The van der Waals surface area contributed by atoms with E-state index in [1.54, 1.807) is 90.9 Å². The summed E-state index contributed by atoms with van der Waals surface area (Å²) in [5, 5.41) is 12.1. The topological polar surface area (TPSA) is 77.0 Å². The summed E-state index contributed by atoms with van der Waals surface area (Å²) < 4.78 is 15.1. The molecule has 0 bridgehead atoms. The van der Waals surface area contributed by atoms with Gasteiger partial charge in [0.2, 0.25) is 0 Å². The zero-order valence-corrected chi connectivity index (χ0v) is 22.4. The molecule has 0 aliphatic heterocycles. The molecule has 0 aromatic heterocycles. The third-order valence-electron chi connectivity index (χ3n) is 6.05. The van der Waals surface area contributed by atoms with Crippen molar-refractivity contribution in [1.29, 1.82) is 0 Å². The maximum atomic E-state index is 15.1. The first-order valence-electron chi connectivity index (χ1n) is 12.5. The van der Waals surface area contributed by atoms with Crippen LogP contribution < -0.4 is 15.5 Å². The zero-order chi connectivity index (χ0) is 27.8. The van der Waals surface area contributed by atoms with E-state index in [0.29, 0.717) is 40.6 Å². The van der Waals surface area contributed by atoms with Crippen molar-refractivity contribution in [1.82, 2.24) is 10.3 Å². The van der Waals surface area contributed by atoms with Crippen LogP contribution in [0.1, 0.15) is 24.9 Å². The second-order valence-electron chi connectivity index (χ2n) is 8.82. The molecular weight excluding hydrogens is 517 g/mol. The van der Waals surface area contributed by atoms with Crippen molar-refractivity contribution < 1.29 is 14.0 Å². The van der Waals surface area contributed by atoms with E-state index in [1.165, 1.54) is 11.0 Å². The van der Waals surface area contributed by atoms with E-state index in [-0.39, 0.29) is 5.70 Å². The van der Waals surface area contributed by atoms with E-state index >= 15 is 4.39 Å². The smallest absolute Gasteiger partial charge is 0.322 e. The number of carbonyl (C=O) groups excluding carboxylic acids is 2. The first-order chi connectivity index (χ1) is 18.9. The van der Waals surface area contributed by atoms with Gasteiger partial charge in [0.1, 0.15) is 11.9 Å². The number of benzene rings is 3. The Labute approximate surface area is 232 Å². The van der Waals surface area contributed by atoms with Gasteiger partial charge in [0.05, 0.1) is 11.4 Å². The molecule has 3 aromatic carbocycles. The lowest BCUT2D eigenvalue weighted by Crippen LogP contribution is -2.45. The molecule has 0 saturated heterocycles. The molecule has 0 heterocycles. The lowest BCUT2D eigenvalue weighted by molar-refractivity contribution is -0.121. The van der Waals surface area contributed by atoms with Gasteiger partial charge < -0.3 is 15.6 Å². The van der Waals surface area contributed by atoms with E-state index in [1.807, 2.05) is 19.1 Å². The minimum absolute atomic E-state index is 0.0264. The molecule has 0 fully saturated rings. The van der Waals surface area contributed by atoms with E-state index < -0.39 is 23.8 Å². The molecule has 39 heavy (non-hydrogen) atoms. The van der Waals surface area contributed by atoms with Crippen molar-refractivity contribution in [3.8, 4) is 0 Å². The Morgan fingerprint density at radius 3 is 2.23 bits per heavy atom. The fourth-order valence-electron chi connectivity index (χ4n) is 4.00. The fourth-order valence-corrected chi connectivity index (χ4v) is 4.13. The summed E-state index contributed by atoms with van der Waals surface area (Å²) in [6.45, 7) is 2.62. The molecule has 4 rings (SSSR count). The molecule has 0 spiro atoms. The van der Waals surface area contributed by atoms with Crippen LogP contribution in [0.25, 0.3) is 0 Å². The molecule has 0 radical (unpaired) electrons. The molecule has 3 aromatic rings. The Bertz CT molecular complexity index is 1390. The molecule has 1 aliphatic rings. The number of hydrogen-bond donors (Lipinski definition) is 2. The summed E-state index contributed by atoms with van der Waals surface area (Å²) in [5.74, 6) is -1.20. The predicted molar refractivity (Wildman–Crippen MR) is 154 cm³/mol. The molecule has 1 unspecified atom stereocenters. The van der Waals surface area contributed by atoms with Crippen molar-refractivity contribution in [2.75, 3.05) is 23.8 Å². The van der Waals surface area contributed by atoms with Crippen LogP contribution in [-0.2, 0) is 4.79 Å². The minimum atomic E-state index is -1.13. The SMILES string of the molecule is CCN(C)N=C1C=C(F)C(NC(=O)C(c2ccccc2)N(C(=O)Nc2ccccc2)c2ccc(Cl)cc2)=CC1. The number of hydrazone groups is 1. The first kappa shape index (κ1) is 27.6. The van der Waals surface area contributed by atoms with Gasteiger partial charge in [0.15, 0.2) is 0 Å². The zero-order valence-electron chi connectivity index (χ0n) is 21.6. The highest BCUT2D eigenvalue weighted by Crippen LogP contribution is 2.31. The van der Waals surface area contributed by atoms with Crippen molar-refractivity contribution in [3.63, 3.8) is 0 Å². The summed E-state index contributed by atoms with van der Waals surface area (Å²) >= 11 is 6.12. The number of nitrogens with one attached hydrogen (secondary N) is 2. The van der Waals surface area contributed by atoms with E-state index in [9.17, 15) is 9.59 Å². The number of allylic oxidation sites excluding steroid dienone is 3. The molecule has 9 heteroatoms. The Kier molecular flexibility index (Phi) is 9.12. The molecular formula is C30H29ClFN5O2. The van der Waals surface area contributed by atoms with Gasteiger partial charge in [-0.2, -0.15) is 5.10 Å². The number of carbonyl (C=O) groups is 2. The monoisotopic (exact) mass is 545 g/mol. The third-order valence-corrected chi connectivity index (χ3v) is 6.30. The summed E-state index contributed by atoms with van der Waals surface area (Å²) in [7, 11) is 1.80. The summed E-state index contributed by atoms with van der Waals surface area (Å²) in [6, 6.07) is 22.7. The van der Waals surface area contributed by atoms with Gasteiger partial charge in [-0.3, -0.25) is 9.69 Å². The van der Waals surface area contributed by atoms with Crippen LogP contribution in [-0.4, -0.2) is 36.3 Å². The fraction of sp³-hybridized carbons (Fsp3) is 0.167. The number of amides is 3. The van der Waals surface area contributed by atoms with Gasteiger partial charge in [0.25, 0.3) is 5.91 Å². The number of anilines is 2. The number of nitrogens with zero attached hydrogens (tertiary/aromatic N) is 3. The Balaban J connectivity index is 1.70. The first-order valence-corrected chi connectivity index (χ1v) is 12.9. The van der Waals surface area contributed by atoms with E-state index in [2.05, 4.69) is 15.7 Å². The average Bonchev–Trinajstić information content (AvgIpc) is 2.94. The number of halogens is 2. The van der Waals surface area contributed by atoms with Crippen molar-refractivity contribution in [3.05, 3.63) is 119 Å². The predicted octanol–water partition coefficient (Wildman–Crippen LogP) is 6.68. The maximum absolute atomic E-state index is 15.1. The largest absolute Gasteiger partial charge is 0.327 e. The molecule has 0 saturated carbocycles. The molecule has 2 N–H and O–H groups in total. The summed E-state index contributed by atoms with van der Waals surface area (Å²) in [6.07, 6.45) is 3.23. The Morgan fingerprint density at radius 1 is 0.974 bits per heavy atom. The van der Waals surface area contributed by atoms with Gasteiger partial charge in [-0.05, 0) is 55.0 Å². The second kappa shape index (κ2) is 12.9. The number of rotatable bonds is 8. The maximum Gasteiger partial charge on any atom is 0.327 e. The van der Waals surface area contributed by atoms with Crippen LogP contribution in [0.5, 0.6) is 0 Å².